The number of carbonyl (C=O) groups excluding carboxylic acids is 3. The minimum absolute atomic E-state index is 0.0326. The predicted octanol–water partition coefficient (Wildman–Crippen LogP) is 2.47. The first-order chi connectivity index (χ1) is 16.3. The molecule has 8 heteroatoms. The summed E-state index contributed by atoms with van der Waals surface area (Å²) < 4.78 is 0. The number of hydrogen-bond donors (Lipinski definition) is 0. The fourth-order valence-electron chi connectivity index (χ4n) is 4.90. The molecule has 34 heavy (non-hydrogen) atoms. The Kier molecular flexibility index (Phi) is 6.77. The van der Waals surface area contributed by atoms with Crippen LogP contribution in [0, 0.1) is 0 Å². The van der Waals surface area contributed by atoms with E-state index in [1.54, 1.807) is 40.7 Å². The quantitative estimate of drug-likeness (QED) is 0.683. The highest BCUT2D eigenvalue weighted by Crippen LogP contribution is 2.39. The van der Waals surface area contributed by atoms with E-state index in [1.165, 1.54) is 0 Å². The molecule has 0 bridgehead atoms. The van der Waals surface area contributed by atoms with Gasteiger partial charge in [0.25, 0.3) is 5.91 Å². The van der Waals surface area contributed by atoms with Crippen molar-refractivity contribution >= 4 is 23.5 Å². The number of likely N-dealkylation sites (N-methyl/N-ethyl adjacent to an activating group) is 1. The van der Waals surface area contributed by atoms with Crippen molar-refractivity contribution in [3.63, 3.8) is 0 Å². The molecule has 0 aromatic heterocycles. The summed E-state index contributed by atoms with van der Waals surface area (Å²) in [5.41, 5.74) is 1.25. The van der Waals surface area contributed by atoms with Gasteiger partial charge in [0.15, 0.2) is 0 Å². The molecule has 0 aliphatic carbocycles. The van der Waals surface area contributed by atoms with Gasteiger partial charge < -0.3 is 24.5 Å². The Labute approximate surface area is 201 Å². The Morgan fingerprint density at radius 1 is 0.912 bits per heavy atom. The zero-order chi connectivity index (χ0) is 24.3. The molecule has 0 radical (unpaired) electrons. The van der Waals surface area contributed by atoms with Crippen LogP contribution in [0.3, 0.4) is 0 Å². The standard InChI is InChI=1S/C26H33N5O3/c1-27(2)25(34)29-16-14-26(15-17-29)24(33)30(20-31(26)22-12-8-5-9-13-22)19-23(32)28(3)18-21-10-6-4-7-11-21/h4-13H,14-20H2,1-3H3. The fraction of sp³-hybridized carbons (Fsp3) is 0.423. The van der Waals surface area contributed by atoms with Gasteiger partial charge in [0, 0.05) is 46.5 Å². The second-order valence-corrected chi connectivity index (χ2v) is 9.34. The van der Waals surface area contributed by atoms with Gasteiger partial charge in [0.05, 0.1) is 6.67 Å². The average molecular weight is 464 g/mol. The second-order valence-electron chi connectivity index (χ2n) is 9.34. The first kappa shape index (κ1) is 23.6. The van der Waals surface area contributed by atoms with Crippen molar-refractivity contribution in [1.29, 1.82) is 0 Å². The van der Waals surface area contributed by atoms with Crippen molar-refractivity contribution < 1.29 is 14.4 Å². The molecular formula is C26H33N5O3. The van der Waals surface area contributed by atoms with E-state index < -0.39 is 5.54 Å². The lowest BCUT2D eigenvalue weighted by atomic mass is 9.85. The van der Waals surface area contributed by atoms with Crippen LogP contribution < -0.4 is 4.90 Å². The molecule has 1 spiro atoms. The number of rotatable bonds is 5. The molecule has 180 valence electrons. The van der Waals surface area contributed by atoms with Crippen LogP contribution in [0.4, 0.5) is 10.5 Å². The number of piperidine rings is 1. The molecule has 4 rings (SSSR count). The molecule has 0 unspecified atom stereocenters. The molecule has 4 amide bonds. The van der Waals surface area contributed by atoms with E-state index in [1.807, 2.05) is 60.7 Å². The van der Waals surface area contributed by atoms with Gasteiger partial charge >= 0.3 is 6.03 Å². The molecule has 2 aliphatic heterocycles. The van der Waals surface area contributed by atoms with Crippen molar-refractivity contribution in [3.05, 3.63) is 66.2 Å². The van der Waals surface area contributed by atoms with Crippen LogP contribution in [-0.2, 0) is 16.1 Å². The van der Waals surface area contributed by atoms with Gasteiger partial charge in [-0.15, -0.1) is 0 Å². The third-order valence-electron chi connectivity index (χ3n) is 6.84. The molecule has 2 saturated heterocycles. The zero-order valence-electron chi connectivity index (χ0n) is 20.2. The smallest absolute Gasteiger partial charge is 0.319 e. The summed E-state index contributed by atoms with van der Waals surface area (Å²) in [7, 11) is 5.25. The molecule has 0 N–H and O–H groups in total. The summed E-state index contributed by atoms with van der Waals surface area (Å²) in [6, 6.07) is 19.6. The average Bonchev–Trinajstić information content (AvgIpc) is 3.11. The molecule has 2 heterocycles. The van der Waals surface area contributed by atoms with E-state index in [0.29, 0.717) is 39.1 Å². The van der Waals surface area contributed by atoms with Crippen LogP contribution in [-0.4, -0.2) is 90.4 Å². The maximum Gasteiger partial charge on any atom is 0.319 e. The summed E-state index contributed by atoms with van der Waals surface area (Å²) in [6.07, 6.45) is 1.07. The van der Waals surface area contributed by atoms with Crippen molar-refractivity contribution in [2.24, 2.45) is 0 Å². The fourth-order valence-corrected chi connectivity index (χ4v) is 4.90. The van der Waals surface area contributed by atoms with E-state index in [0.717, 1.165) is 11.3 Å². The van der Waals surface area contributed by atoms with Gasteiger partial charge in [0.1, 0.15) is 12.1 Å². The van der Waals surface area contributed by atoms with Gasteiger partial charge in [-0.3, -0.25) is 9.59 Å². The van der Waals surface area contributed by atoms with Crippen LogP contribution in [0.25, 0.3) is 0 Å². The third-order valence-corrected chi connectivity index (χ3v) is 6.84. The minimum Gasteiger partial charge on any atom is -0.340 e. The van der Waals surface area contributed by atoms with Gasteiger partial charge in [-0.2, -0.15) is 0 Å². The van der Waals surface area contributed by atoms with E-state index >= 15 is 0 Å². The van der Waals surface area contributed by atoms with Crippen LogP contribution >= 0.6 is 0 Å². The number of amides is 4. The van der Waals surface area contributed by atoms with Crippen molar-refractivity contribution in [1.82, 2.24) is 19.6 Å². The summed E-state index contributed by atoms with van der Waals surface area (Å²) in [5.74, 6) is -0.128. The molecule has 2 fully saturated rings. The Morgan fingerprint density at radius 3 is 2.09 bits per heavy atom. The van der Waals surface area contributed by atoms with Gasteiger partial charge in [-0.1, -0.05) is 48.5 Å². The Morgan fingerprint density at radius 2 is 1.50 bits per heavy atom. The van der Waals surface area contributed by atoms with Crippen LogP contribution in [0.2, 0.25) is 0 Å². The minimum atomic E-state index is -0.747. The topological polar surface area (TPSA) is 67.4 Å². The van der Waals surface area contributed by atoms with Gasteiger partial charge in [0.2, 0.25) is 5.91 Å². The second kappa shape index (κ2) is 9.75. The van der Waals surface area contributed by atoms with E-state index in [-0.39, 0.29) is 24.4 Å². The summed E-state index contributed by atoms with van der Waals surface area (Å²) in [6.45, 7) is 1.89. The molecule has 0 atom stereocenters. The summed E-state index contributed by atoms with van der Waals surface area (Å²) in [4.78, 5) is 48.1. The summed E-state index contributed by atoms with van der Waals surface area (Å²) >= 11 is 0. The van der Waals surface area contributed by atoms with Gasteiger partial charge in [-0.05, 0) is 30.5 Å². The normalized spacial score (nSPS) is 17.3. The predicted molar refractivity (Wildman–Crippen MR) is 131 cm³/mol. The Balaban J connectivity index is 1.51. The van der Waals surface area contributed by atoms with Crippen molar-refractivity contribution in [3.8, 4) is 0 Å². The van der Waals surface area contributed by atoms with Crippen LogP contribution in [0.5, 0.6) is 0 Å². The first-order valence-corrected chi connectivity index (χ1v) is 11.7. The first-order valence-electron chi connectivity index (χ1n) is 11.7. The lowest BCUT2D eigenvalue weighted by Gasteiger charge is -2.43. The maximum absolute atomic E-state index is 13.8. The molecular weight excluding hydrogens is 430 g/mol. The van der Waals surface area contributed by atoms with Crippen LogP contribution in [0.15, 0.2) is 60.7 Å². The number of carbonyl (C=O) groups is 3. The van der Waals surface area contributed by atoms with Crippen molar-refractivity contribution in [2.75, 3.05) is 52.3 Å². The maximum atomic E-state index is 13.8. The van der Waals surface area contributed by atoms with Crippen LogP contribution in [0.1, 0.15) is 18.4 Å². The lowest BCUT2D eigenvalue weighted by Crippen LogP contribution is -2.58. The van der Waals surface area contributed by atoms with Crippen molar-refractivity contribution in [2.45, 2.75) is 24.9 Å². The molecule has 2 aromatic rings. The highest BCUT2D eigenvalue weighted by atomic mass is 16.2. The number of likely N-dealkylation sites (tertiary alicyclic amines) is 1. The number of urea groups is 1. The summed E-state index contributed by atoms with van der Waals surface area (Å²) in [5, 5.41) is 0. The SMILES string of the molecule is CN(C)C(=O)N1CCC2(CC1)C(=O)N(CC(=O)N(C)Cc1ccccc1)CN2c1ccccc1. The number of anilines is 1. The highest BCUT2D eigenvalue weighted by Gasteiger charge is 2.54. The molecule has 2 aliphatic rings. The third kappa shape index (κ3) is 4.58. The Bertz CT molecular complexity index is 1020. The lowest BCUT2D eigenvalue weighted by molar-refractivity contribution is -0.140. The number of hydrogen-bond acceptors (Lipinski definition) is 4. The highest BCUT2D eigenvalue weighted by molar-refractivity contribution is 5.96. The van der Waals surface area contributed by atoms with E-state index in [9.17, 15) is 14.4 Å². The van der Waals surface area contributed by atoms with E-state index in [2.05, 4.69) is 4.90 Å². The van der Waals surface area contributed by atoms with E-state index in [4.69, 9.17) is 0 Å². The number of nitrogens with zero attached hydrogens (tertiary/aromatic N) is 5. The molecule has 0 saturated carbocycles. The zero-order valence-corrected chi connectivity index (χ0v) is 20.2. The number of para-hydroxylation sites is 1. The molecule has 2 aromatic carbocycles. The monoisotopic (exact) mass is 463 g/mol. The number of benzene rings is 2. The molecule has 8 nitrogen and oxygen atoms in total. The largest absolute Gasteiger partial charge is 0.340 e. The Hall–Kier alpha value is -3.55. The van der Waals surface area contributed by atoms with Gasteiger partial charge in [-0.25, -0.2) is 4.79 Å².